The van der Waals surface area contributed by atoms with E-state index in [1.165, 1.54) is 0 Å². The van der Waals surface area contributed by atoms with Gasteiger partial charge in [-0.3, -0.25) is 0 Å². The number of halogens is 2. The highest BCUT2D eigenvalue weighted by molar-refractivity contribution is 6.42. The topological polar surface area (TPSA) is 79.6 Å². The third kappa shape index (κ3) is 2.56. The van der Waals surface area contributed by atoms with Crippen LogP contribution in [-0.4, -0.2) is 15.2 Å². The van der Waals surface area contributed by atoms with Gasteiger partial charge in [-0.15, -0.1) is 5.10 Å². The van der Waals surface area contributed by atoms with Gasteiger partial charge in [0.15, 0.2) is 0 Å². The van der Waals surface area contributed by atoms with E-state index in [1.807, 2.05) is 6.07 Å². The molecular weight excluding hydrogens is 249 g/mol. The summed E-state index contributed by atoms with van der Waals surface area (Å²) in [6.07, 6.45) is 0. The van der Waals surface area contributed by atoms with Gasteiger partial charge in [0.05, 0.1) is 10.0 Å². The Morgan fingerprint density at radius 1 is 1.31 bits per heavy atom. The van der Waals surface area contributed by atoms with Crippen molar-refractivity contribution in [2.75, 3.05) is 11.1 Å². The van der Waals surface area contributed by atoms with Crippen molar-refractivity contribution in [2.45, 2.75) is 6.54 Å². The lowest BCUT2D eigenvalue weighted by atomic mass is 10.2. The van der Waals surface area contributed by atoms with Crippen LogP contribution in [0.2, 0.25) is 10.0 Å². The molecule has 5 nitrogen and oxygen atoms in total. The summed E-state index contributed by atoms with van der Waals surface area (Å²) in [6.45, 7) is 0.550. The highest BCUT2D eigenvalue weighted by Crippen LogP contribution is 2.22. The first-order valence-electron chi connectivity index (χ1n) is 4.51. The number of H-pyrrole nitrogens is 1. The molecule has 0 bridgehead atoms. The summed E-state index contributed by atoms with van der Waals surface area (Å²) in [4.78, 5) is 3.91. The normalized spacial score (nSPS) is 10.4. The smallest absolute Gasteiger partial charge is 0.243 e. The molecule has 2 rings (SSSR count). The maximum atomic E-state index is 5.88. The molecule has 1 aromatic heterocycles. The van der Waals surface area contributed by atoms with Gasteiger partial charge < -0.3 is 11.1 Å². The Kier molecular flexibility index (Phi) is 3.17. The molecule has 0 fully saturated rings. The van der Waals surface area contributed by atoms with Gasteiger partial charge in [-0.1, -0.05) is 29.3 Å². The number of nitrogen functional groups attached to an aromatic ring is 1. The van der Waals surface area contributed by atoms with Crippen molar-refractivity contribution in [3.8, 4) is 0 Å². The average Bonchev–Trinajstić information content (AvgIpc) is 2.66. The second-order valence-corrected chi connectivity index (χ2v) is 3.96. The van der Waals surface area contributed by atoms with Gasteiger partial charge in [0, 0.05) is 6.54 Å². The number of aromatic nitrogens is 3. The zero-order chi connectivity index (χ0) is 11.5. The van der Waals surface area contributed by atoms with Crippen LogP contribution in [0.5, 0.6) is 0 Å². The van der Waals surface area contributed by atoms with E-state index in [1.54, 1.807) is 12.1 Å². The number of hydrogen-bond donors (Lipinski definition) is 3. The van der Waals surface area contributed by atoms with E-state index in [0.717, 1.165) is 5.56 Å². The van der Waals surface area contributed by atoms with Gasteiger partial charge in [0.2, 0.25) is 11.9 Å². The second kappa shape index (κ2) is 4.59. The minimum absolute atomic E-state index is 0.275. The fourth-order valence-electron chi connectivity index (χ4n) is 1.18. The van der Waals surface area contributed by atoms with Crippen LogP contribution in [0.25, 0.3) is 0 Å². The van der Waals surface area contributed by atoms with Crippen LogP contribution in [0.1, 0.15) is 5.56 Å². The van der Waals surface area contributed by atoms with Crippen molar-refractivity contribution < 1.29 is 0 Å². The summed E-state index contributed by atoms with van der Waals surface area (Å²) in [6, 6.07) is 5.40. The fraction of sp³-hybridized carbons (Fsp3) is 0.111. The van der Waals surface area contributed by atoms with Gasteiger partial charge in [-0.25, -0.2) is 5.10 Å². The predicted octanol–water partition coefficient (Wildman–Crippen LogP) is 2.31. The molecule has 2 aromatic rings. The second-order valence-electron chi connectivity index (χ2n) is 3.15. The molecule has 4 N–H and O–H groups in total. The number of benzene rings is 1. The van der Waals surface area contributed by atoms with Crippen LogP contribution < -0.4 is 11.1 Å². The lowest BCUT2D eigenvalue weighted by Gasteiger charge is -2.03. The summed E-state index contributed by atoms with van der Waals surface area (Å²) >= 11 is 11.7. The van der Waals surface area contributed by atoms with E-state index in [2.05, 4.69) is 20.5 Å². The highest BCUT2D eigenvalue weighted by Gasteiger charge is 2.02. The fourth-order valence-corrected chi connectivity index (χ4v) is 1.50. The van der Waals surface area contributed by atoms with Gasteiger partial charge in [0.25, 0.3) is 0 Å². The molecule has 0 amide bonds. The summed E-state index contributed by atoms with van der Waals surface area (Å²) in [5.74, 6) is 0.722. The number of anilines is 2. The van der Waals surface area contributed by atoms with E-state index in [4.69, 9.17) is 28.9 Å². The first-order valence-corrected chi connectivity index (χ1v) is 5.26. The van der Waals surface area contributed by atoms with Crippen LogP contribution in [0.4, 0.5) is 11.9 Å². The van der Waals surface area contributed by atoms with Crippen molar-refractivity contribution in [1.82, 2.24) is 15.2 Å². The van der Waals surface area contributed by atoms with Crippen molar-refractivity contribution in [2.24, 2.45) is 0 Å². The van der Waals surface area contributed by atoms with Crippen molar-refractivity contribution in [3.63, 3.8) is 0 Å². The Morgan fingerprint density at radius 2 is 2.12 bits per heavy atom. The number of hydrogen-bond acceptors (Lipinski definition) is 4. The Hall–Kier alpha value is -1.46. The van der Waals surface area contributed by atoms with Gasteiger partial charge >= 0.3 is 0 Å². The summed E-state index contributed by atoms with van der Waals surface area (Å²) in [5.41, 5.74) is 6.37. The van der Waals surface area contributed by atoms with E-state index in [-0.39, 0.29) is 5.95 Å². The molecule has 0 aliphatic rings. The Labute approximate surface area is 102 Å². The molecule has 7 heteroatoms. The zero-order valence-electron chi connectivity index (χ0n) is 8.17. The third-order valence-corrected chi connectivity index (χ3v) is 2.68. The summed E-state index contributed by atoms with van der Waals surface area (Å²) in [5, 5.41) is 10.4. The molecule has 0 saturated heterocycles. The van der Waals surface area contributed by atoms with Gasteiger partial charge in [0.1, 0.15) is 0 Å². The van der Waals surface area contributed by atoms with Crippen molar-refractivity contribution in [3.05, 3.63) is 33.8 Å². The van der Waals surface area contributed by atoms with Crippen LogP contribution >= 0.6 is 23.2 Å². The minimum Gasteiger partial charge on any atom is -0.368 e. The predicted molar refractivity (Wildman–Crippen MR) is 64.6 cm³/mol. The standard InChI is InChI=1S/C9H9Cl2N5/c10-6-2-1-5(3-7(6)11)4-13-9-14-8(12)15-16-9/h1-3H,4H2,(H4,12,13,14,15,16). The third-order valence-electron chi connectivity index (χ3n) is 1.94. The first kappa shape index (κ1) is 11.0. The van der Waals surface area contributed by atoms with Crippen LogP contribution in [0.15, 0.2) is 18.2 Å². The Morgan fingerprint density at radius 3 is 2.75 bits per heavy atom. The largest absolute Gasteiger partial charge is 0.368 e. The molecule has 0 unspecified atom stereocenters. The lowest BCUT2D eigenvalue weighted by molar-refractivity contribution is 1.05. The number of aromatic amines is 1. The Balaban J connectivity index is 2.02. The van der Waals surface area contributed by atoms with E-state index in [0.29, 0.717) is 22.5 Å². The SMILES string of the molecule is Nc1nc(NCc2ccc(Cl)c(Cl)c2)n[nH]1. The van der Waals surface area contributed by atoms with E-state index < -0.39 is 0 Å². The molecule has 0 atom stereocenters. The molecule has 0 saturated carbocycles. The molecule has 0 radical (unpaired) electrons. The molecule has 1 heterocycles. The van der Waals surface area contributed by atoms with E-state index >= 15 is 0 Å². The monoisotopic (exact) mass is 257 g/mol. The maximum absolute atomic E-state index is 5.88. The van der Waals surface area contributed by atoms with Crippen LogP contribution in [0, 0.1) is 0 Å². The van der Waals surface area contributed by atoms with E-state index in [9.17, 15) is 0 Å². The highest BCUT2D eigenvalue weighted by atomic mass is 35.5. The number of rotatable bonds is 3. The minimum atomic E-state index is 0.275. The van der Waals surface area contributed by atoms with Crippen molar-refractivity contribution in [1.29, 1.82) is 0 Å². The summed E-state index contributed by atoms with van der Waals surface area (Å²) < 4.78 is 0. The van der Waals surface area contributed by atoms with Gasteiger partial charge in [-0.05, 0) is 17.7 Å². The van der Waals surface area contributed by atoms with Crippen LogP contribution in [0.3, 0.4) is 0 Å². The molecule has 16 heavy (non-hydrogen) atoms. The Bertz CT molecular complexity index is 496. The molecule has 0 aliphatic carbocycles. The number of nitrogens with one attached hydrogen (secondary N) is 2. The van der Waals surface area contributed by atoms with Crippen LogP contribution in [-0.2, 0) is 6.54 Å². The molecule has 1 aromatic carbocycles. The first-order chi connectivity index (χ1) is 7.65. The average molecular weight is 258 g/mol. The van der Waals surface area contributed by atoms with Crippen molar-refractivity contribution >= 4 is 35.1 Å². The molecular formula is C9H9Cl2N5. The van der Waals surface area contributed by atoms with Gasteiger partial charge in [-0.2, -0.15) is 4.98 Å². The molecule has 84 valence electrons. The zero-order valence-corrected chi connectivity index (χ0v) is 9.68. The lowest BCUT2D eigenvalue weighted by Crippen LogP contribution is -2.01. The molecule has 0 spiro atoms. The maximum Gasteiger partial charge on any atom is 0.243 e. The number of nitrogens with two attached hydrogens (primary N) is 1. The summed E-state index contributed by atoms with van der Waals surface area (Å²) in [7, 11) is 0. The molecule has 0 aliphatic heterocycles. The number of nitrogens with zero attached hydrogens (tertiary/aromatic N) is 2. The quantitative estimate of drug-likeness (QED) is 0.789.